The summed E-state index contributed by atoms with van der Waals surface area (Å²) in [6.07, 6.45) is 0. The molecule has 0 saturated heterocycles. The maximum Gasteiger partial charge on any atom is 0.333 e. The molecule has 0 amide bonds. The van der Waals surface area contributed by atoms with Crippen molar-refractivity contribution in [1.82, 2.24) is 0 Å². The van der Waals surface area contributed by atoms with Crippen molar-refractivity contribution in [3.05, 3.63) is 72.8 Å². The maximum absolute atomic E-state index is 11.3. The molecule has 0 spiro atoms. The van der Waals surface area contributed by atoms with E-state index >= 15 is 0 Å². The van der Waals surface area contributed by atoms with Crippen molar-refractivity contribution in [2.75, 3.05) is 79.3 Å². The van der Waals surface area contributed by atoms with Gasteiger partial charge in [-0.15, -0.1) is 0 Å². The molecule has 0 fully saturated rings. The molecule has 0 heterocycles. The SMILES string of the molecule is C=C(C)C(=O)OCCOCCOCCOc1c2ccccc2c(OCCOCCOCCOC(=O)C(=C)C)c2ccccc12. The van der Waals surface area contributed by atoms with Crippen molar-refractivity contribution < 1.29 is 47.5 Å². The van der Waals surface area contributed by atoms with E-state index in [4.69, 9.17) is 37.9 Å². The predicted octanol–water partition coefficient (Wildman–Crippen LogP) is 5.06. The molecule has 238 valence electrons. The highest BCUT2D eigenvalue weighted by Gasteiger charge is 2.16. The van der Waals surface area contributed by atoms with Gasteiger partial charge in [0, 0.05) is 32.7 Å². The normalized spacial score (nSPS) is 11.0. The fourth-order valence-electron chi connectivity index (χ4n) is 4.04. The largest absolute Gasteiger partial charge is 0.490 e. The Balaban J connectivity index is 1.44. The monoisotopic (exact) mass is 610 g/mol. The minimum atomic E-state index is -0.424. The van der Waals surface area contributed by atoms with E-state index in [1.807, 2.05) is 48.5 Å². The van der Waals surface area contributed by atoms with Crippen LogP contribution in [0.3, 0.4) is 0 Å². The smallest absolute Gasteiger partial charge is 0.333 e. The van der Waals surface area contributed by atoms with Crippen LogP contribution in [-0.4, -0.2) is 91.2 Å². The predicted molar refractivity (Wildman–Crippen MR) is 167 cm³/mol. The average Bonchev–Trinajstić information content (AvgIpc) is 3.02. The van der Waals surface area contributed by atoms with Crippen LogP contribution < -0.4 is 9.47 Å². The van der Waals surface area contributed by atoms with Gasteiger partial charge in [-0.1, -0.05) is 61.7 Å². The van der Waals surface area contributed by atoms with E-state index in [9.17, 15) is 9.59 Å². The highest BCUT2D eigenvalue weighted by Crippen LogP contribution is 2.42. The molecule has 10 nitrogen and oxygen atoms in total. The standard InChI is InChI=1S/C34H42O10/c1-25(2)33(35)43-23-19-39-15-13-37-17-21-41-31-27-9-5-7-11-29(27)32(30-12-8-6-10-28(30)31)42-22-18-38-14-16-40-20-24-44-34(36)26(3)4/h5-12H,1,3,13-24H2,2,4H3. The number of benzene rings is 3. The molecule has 3 rings (SSSR count). The number of ether oxygens (including phenoxy) is 8. The lowest BCUT2D eigenvalue weighted by Crippen LogP contribution is -2.15. The lowest BCUT2D eigenvalue weighted by molar-refractivity contribution is -0.141. The van der Waals surface area contributed by atoms with E-state index in [0.717, 1.165) is 33.0 Å². The Morgan fingerprint density at radius 3 is 1.05 bits per heavy atom. The summed E-state index contributed by atoms with van der Waals surface area (Å²) in [6, 6.07) is 15.9. The van der Waals surface area contributed by atoms with Gasteiger partial charge >= 0.3 is 11.9 Å². The molecule has 0 radical (unpaired) electrons. The molecule has 44 heavy (non-hydrogen) atoms. The fourth-order valence-corrected chi connectivity index (χ4v) is 4.04. The van der Waals surface area contributed by atoms with Crippen molar-refractivity contribution >= 4 is 33.5 Å². The summed E-state index contributed by atoms with van der Waals surface area (Å²) in [4.78, 5) is 22.7. The molecular weight excluding hydrogens is 568 g/mol. The molecule has 0 saturated carbocycles. The Morgan fingerprint density at radius 1 is 0.477 bits per heavy atom. The first kappa shape index (κ1) is 34.5. The van der Waals surface area contributed by atoms with Gasteiger partial charge in [0.2, 0.25) is 0 Å². The summed E-state index contributed by atoms with van der Waals surface area (Å²) in [7, 11) is 0. The van der Waals surface area contributed by atoms with Crippen molar-refractivity contribution in [2.45, 2.75) is 13.8 Å². The van der Waals surface area contributed by atoms with Crippen LogP contribution >= 0.6 is 0 Å². The van der Waals surface area contributed by atoms with Crippen LogP contribution in [0.25, 0.3) is 21.5 Å². The Kier molecular flexibility index (Phi) is 15.2. The molecule has 0 aliphatic carbocycles. The Morgan fingerprint density at radius 2 is 0.750 bits per heavy atom. The summed E-state index contributed by atoms with van der Waals surface area (Å²) in [5.41, 5.74) is 0.719. The van der Waals surface area contributed by atoms with Crippen molar-refractivity contribution in [3.63, 3.8) is 0 Å². The molecule has 0 aliphatic rings. The first-order chi connectivity index (χ1) is 21.4. The third-order valence-corrected chi connectivity index (χ3v) is 6.14. The Bertz CT molecular complexity index is 1220. The second-order valence-corrected chi connectivity index (χ2v) is 9.73. The Labute approximate surface area is 258 Å². The van der Waals surface area contributed by atoms with Crippen molar-refractivity contribution in [1.29, 1.82) is 0 Å². The second-order valence-electron chi connectivity index (χ2n) is 9.73. The summed E-state index contributed by atoms with van der Waals surface area (Å²) < 4.78 is 44.6. The van der Waals surface area contributed by atoms with E-state index in [0.29, 0.717) is 77.2 Å². The molecule has 0 unspecified atom stereocenters. The van der Waals surface area contributed by atoms with Crippen LogP contribution in [-0.2, 0) is 38.0 Å². The first-order valence-electron chi connectivity index (χ1n) is 14.6. The van der Waals surface area contributed by atoms with Crippen LogP contribution in [0.4, 0.5) is 0 Å². The lowest BCUT2D eigenvalue weighted by Gasteiger charge is -2.18. The number of carbonyl (C=O) groups is 2. The van der Waals surface area contributed by atoms with Gasteiger partial charge in [-0.25, -0.2) is 9.59 Å². The third kappa shape index (κ3) is 11.3. The van der Waals surface area contributed by atoms with E-state index in [2.05, 4.69) is 13.2 Å². The van der Waals surface area contributed by atoms with Gasteiger partial charge < -0.3 is 37.9 Å². The number of fused-ring (bicyclic) bond motifs is 2. The number of hydrogen-bond donors (Lipinski definition) is 0. The summed E-state index contributed by atoms with van der Waals surface area (Å²) in [6.45, 7) is 14.2. The van der Waals surface area contributed by atoms with Gasteiger partial charge in [0.1, 0.15) is 37.9 Å². The van der Waals surface area contributed by atoms with Crippen LogP contribution in [0.5, 0.6) is 11.5 Å². The van der Waals surface area contributed by atoms with Gasteiger partial charge in [-0.3, -0.25) is 0 Å². The number of rotatable bonds is 22. The maximum atomic E-state index is 11.3. The summed E-state index contributed by atoms with van der Waals surface area (Å²) in [5.74, 6) is 0.688. The molecule has 0 aromatic heterocycles. The number of esters is 2. The number of hydrogen-bond acceptors (Lipinski definition) is 10. The van der Waals surface area contributed by atoms with Crippen molar-refractivity contribution in [3.8, 4) is 11.5 Å². The highest BCUT2D eigenvalue weighted by atomic mass is 16.6. The molecule has 3 aromatic carbocycles. The van der Waals surface area contributed by atoms with Crippen molar-refractivity contribution in [2.24, 2.45) is 0 Å². The van der Waals surface area contributed by atoms with E-state index < -0.39 is 11.9 Å². The summed E-state index contributed by atoms with van der Waals surface area (Å²) in [5, 5.41) is 3.76. The lowest BCUT2D eigenvalue weighted by atomic mass is 10.0. The van der Waals surface area contributed by atoms with Crippen LogP contribution in [0.15, 0.2) is 72.8 Å². The van der Waals surface area contributed by atoms with Crippen LogP contribution in [0, 0.1) is 0 Å². The van der Waals surface area contributed by atoms with Crippen LogP contribution in [0.1, 0.15) is 13.8 Å². The topological polar surface area (TPSA) is 108 Å². The quantitative estimate of drug-likeness (QED) is 0.0663. The van der Waals surface area contributed by atoms with E-state index in [1.165, 1.54) is 0 Å². The zero-order valence-electron chi connectivity index (χ0n) is 25.6. The molecular formula is C34H42O10. The number of carbonyl (C=O) groups excluding carboxylic acids is 2. The van der Waals surface area contributed by atoms with Gasteiger partial charge in [-0.2, -0.15) is 0 Å². The molecule has 0 aliphatic heterocycles. The minimum absolute atomic E-state index is 0.175. The summed E-state index contributed by atoms with van der Waals surface area (Å²) >= 11 is 0. The molecule has 0 bridgehead atoms. The zero-order valence-corrected chi connectivity index (χ0v) is 25.6. The Hall–Kier alpha value is -3.96. The van der Waals surface area contributed by atoms with E-state index in [-0.39, 0.29) is 13.2 Å². The fraction of sp³-hybridized carbons (Fsp3) is 0.412. The van der Waals surface area contributed by atoms with Gasteiger partial charge in [0.15, 0.2) is 0 Å². The second kappa shape index (κ2) is 19.3. The third-order valence-electron chi connectivity index (χ3n) is 6.14. The molecule has 3 aromatic rings. The molecule has 10 heteroatoms. The van der Waals surface area contributed by atoms with E-state index in [1.54, 1.807) is 13.8 Å². The van der Waals surface area contributed by atoms with Crippen LogP contribution in [0.2, 0.25) is 0 Å². The minimum Gasteiger partial charge on any atom is -0.490 e. The highest BCUT2D eigenvalue weighted by molar-refractivity contribution is 6.11. The van der Waals surface area contributed by atoms with Gasteiger partial charge in [0.05, 0.1) is 52.9 Å². The molecule has 0 N–H and O–H groups in total. The van der Waals surface area contributed by atoms with Gasteiger partial charge in [0.25, 0.3) is 0 Å². The average molecular weight is 611 g/mol. The zero-order chi connectivity index (χ0) is 31.6. The molecule has 0 atom stereocenters. The first-order valence-corrected chi connectivity index (χ1v) is 14.6. The van der Waals surface area contributed by atoms with Gasteiger partial charge in [-0.05, 0) is 13.8 Å².